The van der Waals surface area contributed by atoms with Crippen LogP contribution in [0.25, 0.3) is 10.9 Å². The fraction of sp³-hybridized carbons (Fsp3) is 0.105. The lowest BCUT2D eigenvalue weighted by atomic mass is 10.0. The molecule has 1 atom stereocenters. The van der Waals surface area contributed by atoms with Crippen molar-refractivity contribution in [2.24, 2.45) is 0 Å². The van der Waals surface area contributed by atoms with Crippen molar-refractivity contribution in [3.63, 3.8) is 0 Å². The number of amides is 2. The molecular formula is C19H15N3O3. The van der Waals surface area contributed by atoms with Crippen molar-refractivity contribution in [2.75, 3.05) is 10.6 Å². The van der Waals surface area contributed by atoms with Crippen molar-refractivity contribution in [2.45, 2.75) is 12.8 Å². The van der Waals surface area contributed by atoms with Crippen molar-refractivity contribution in [3.8, 4) is 0 Å². The molecule has 0 aliphatic carbocycles. The molecule has 6 heteroatoms. The first kappa shape index (κ1) is 15.1. The first-order chi connectivity index (χ1) is 12.0. The Labute approximate surface area is 142 Å². The van der Waals surface area contributed by atoms with Gasteiger partial charge in [0.1, 0.15) is 5.56 Å². The molecule has 2 heterocycles. The number of carbonyl (C=O) groups excluding carboxylic acids is 2. The van der Waals surface area contributed by atoms with E-state index in [0.29, 0.717) is 16.6 Å². The van der Waals surface area contributed by atoms with Gasteiger partial charge in [-0.3, -0.25) is 14.4 Å². The number of hydrogen-bond donors (Lipinski definition) is 3. The maximum atomic E-state index is 12.5. The summed E-state index contributed by atoms with van der Waals surface area (Å²) in [5, 5.41) is 5.98. The number of pyridine rings is 1. The van der Waals surface area contributed by atoms with E-state index in [1.165, 1.54) is 6.20 Å². The number of H-pyrrole nitrogens is 1. The summed E-state index contributed by atoms with van der Waals surface area (Å²) < 4.78 is 0. The van der Waals surface area contributed by atoms with E-state index < -0.39 is 5.91 Å². The third-order valence-corrected chi connectivity index (χ3v) is 4.46. The number of para-hydroxylation sites is 1. The molecule has 3 N–H and O–H groups in total. The second-order valence-electron chi connectivity index (χ2n) is 6.04. The Kier molecular flexibility index (Phi) is 3.39. The normalized spacial score (nSPS) is 15.7. The Morgan fingerprint density at radius 1 is 1.12 bits per heavy atom. The van der Waals surface area contributed by atoms with Gasteiger partial charge in [-0.1, -0.05) is 12.1 Å². The molecule has 1 aliphatic heterocycles. The molecule has 6 nitrogen and oxygen atoms in total. The van der Waals surface area contributed by atoms with Crippen molar-refractivity contribution >= 4 is 34.1 Å². The van der Waals surface area contributed by atoms with Gasteiger partial charge >= 0.3 is 0 Å². The summed E-state index contributed by atoms with van der Waals surface area (Å²) >= 11 is 0. The van der Waals surface area contributed by atoms with Gasteiger partial charge in [0, 0.05) is 28.5 Å². The number of anilines is 2. The van der Waals surface area contributed by atoms with Gasteiger partial charge in [-0.2, -0.15) is 0 Å². The molecule has 2 amide bonds. The van der Waals surface area contributed by atoms with E-state index >= 15 is 0 Å². The molecule has 0 bridgehead atoms. The monoisotopic (exact) mass is 333 g/mol. The molecule has 0 spiro atoms. The predicted octanol–water partition coefficient (Wildman–Crippen LogP) is 2.84. The minimum atomic E-state index is -0.489. The minimum absolute atomic E-state index is 0.0430. The second kappa shape index (κ2) is 5.59. The fourth-order valence-corrected chi connectivity index (χ4v) is 3.03. The molecule has 0 fully saturated rings. The van der Waals surface area contributed by atoms with Crippen LogP contribution >= 0.6 is 0 Å². The summed E-state index contributed by atoms with van der Waals surface area (Å²) in [5.74, 6) is -0.822. The number of benzene rings is 2. The molecule has 1 unspecified atom stereocenters. The lowest BCUT2D eigenvalue weighted by molar-refractivity contribution is -0.116. The van der Waals surface area contributed by atoms with Crippen LogP contribution in [0.4, 0.5) is 11.4 Å². The largest absolute Gasteiger partial charge is 0.360 e. The van der Waals surface area contributed by atoms with Crippen LogP contribution in [-0.2, 0) is 4.79 Å². The Balaban J connectivity index is 1.66. The highest BCUT2D eigenvalue weighted by atomic mass is 16.2. The smallest absolute Gasteiger partial charge is 0.261 e. The lowest BCUT2D eigenvalue weighted by Crippen LogP contribution is -2.22. The number of aromatic amines is 1. The number of fused-ring (bicyclic) bond motifs is 2. The Morgan fingerprint density at radius 2 is 1.92 bits per heavy atom. The summed E-state index contributed by atoms with van der Waals surface area (Å²) in [6.45, 7) is 1.81. The number of rotatable bonds is 2. The van der Waals surface area contributed by atoms with Gasteiger partial charge < -0.3 is 15.6 Å². The van der Waals surface area contributed by atoms with Gasteiger partial charge in [-0.05, 0) is 42.8 Å². The Morgan fingerprint density at radius 3 is 2.76 bits per heavy atom. The number of carbonyl (C=O) groups is 2. The van der Waals surface area contributed by atoms with E-state index in [-0.39, 0.29) is 22.8 Å². The van der Waals surface area contributed by atoms with Gasteiger partial charge in [-0.15, -0.1) is 0 Å². The molecular weight excluding hydrogens is 318 g/mol. The molecule has 0 radical (unpaired) electrons. The van der Waals surface area contributed by atoms with Gasteiger partial charge in [0.25, 0.3) is 5.91 Å². The number of aromatic nitrogens is 1. The fourth-order valence-electron chi connectivity index (χ4n) is 3.03. The molecule has 124 valence electrons. The molecule has 2 aromatic carbocycles. The highest BCUT2D eigenvalue weighted by Gasteiger charge is 2.26. The van der Waals surface area contributed by atoms with Crippen LogP contribution in [0.15, 0.2) is 53.5 Å². The third-order valence-electron chi connectivity index (χ3n) is 4.46. The van der Waals surface area contributed by atoms with Gasteiger partial charge in [-0.25, -0.2) is 0 Å². The van der Waals surface area contributed by atoms with Crippen molar-refractivity contribution < 1.29 is 9.59 Å². The zero-order valence-corrected chi connectivity index (χ0v) is 13.4. The zero-order valence-electron chi connectivity index (χ0n) is 13.4. The predicted molar refractivity (Wildman–Crippen MR) is 96.0 cm³/mol. The van der Waals surface area contributed by atoms with E-state index in [2.05, 4.69) is 15.6 Å². The third kappa shape index (κ3) is 2.48. The van der Waals surface area contributed by atoms with Crippen LogP contribution < -0.4 is 16.1 Å². The van der Waals surface area contributed by atoms with Crippen LogP contribution in [0.5, 0.6) is 0 Å². The van der Waals surface area contributed by atoms with Crippen LogP contribution in [0, 0.1) is 0 Å². The SMILES string of the molecule is CC1C(=O)Nc2ccc(NC(=O)c3c[nH]c4ccccc4c3=O)cc21. The molecule has 4 rings (SSSR count). The van der Waals surface area contributed by atoms with Gasteiger partial charge in [0.15, 0.2) is 0 Å². The quantitative estimate of drug-likeness (QED) is 0.673. The van der Waals surface area contributed by atoms with Crippen LogP contribution in [0.3, 0.4) is 0 Å². The summed E-state index contributed by atoms with van der Waals surface area (Å²) in [5.41, 5.74) is 2.52. The summed E-state index contributed by atoms with van der Waals surface area (Å²) in [4.78, 5) is 39.7. The van der Waals surface area contributed by atoms with Crippen LogP contribution in [0.1, 0.15) is 28.8 Å². The van der Waals surface area contributed by atoms with Crippen LogP contribution in [-0.4, -0.2) is 16.8 Å². The molecule has 0 saturated carbocycles. The molecule has 3 aromatic rings. The highest BCUT2D eigenvalue weighted by molar-refractivity contribution is 6.07. The Hall–Kier alpha value is -3.41. The van der Waals surface area contributed by atoms with Crippen molar-refractivity contribution in [1.82, 2.24) is 4.98 Å². The molecule has 1 aromatic heterocycles. The standard InChI is InChI=1S/C19H15N3O3/c1-10-13-8-11(6-7-16(13)22-18(10)24)21-19(25)14-9-20-15-5-3-2-4-12(15)17(14)23/h2-10H,1H3,(H,20,23)(H,21,25)(H,22,24). The summed E-state index contributed by atoms with van der Waals surface area (Å²) in [6, 6.07) is 12.2. The molecule has 25 heavy (non-hydrogen) atoms. The van der Waals surface area contributed by atoms with E-state index in [1.807, 2.05) is 6.07 Å². The van der Waals surface area contributed by atoms with E-state index in [1.54, 1.807) is 43.3 Å². The number of nitrogens with one attached hydrogen (secondary N) is 3. The topological polar surface area (TPSA) is 91.1 Å². The average Bonchev–Trinajstić information content (AvgIpc) is 2.90. The minimum Gasteiger partial charge on any atom is -0.360 e. The van der Waals surface area contributed by atoms with Crippen LogP contribution in [0.2, 0.25) is 0 Å². The van der Waals surface area contributed by atoms with Crippen molar-refractivity contribution in [3.05, 3.63) is 70.0 Å². The average molecular weight is 333 g/mol. The molecule has 1 aliphatic rings. The van der Waals surface area contributed by atoms with E-state index in [0.717, 1.165) is 11.3 Å². The Bertz CT molecular complexity index is 1080. The van der Waals surface area contributed by atoms with Gasteiger partial charge in [0.2, 0.25) is 11.3 Å². The van der Waals surface area contributed by atoms with Crippen molar-refractivity contribution in [1.29, 1.82) is 0 Å². The first-order valence-corrected chi connectivity index (χ1v) is 7.91. The van der Waals surface area contributed by atoms with E-state index in [9.17, 15) is 14.4 Å². The molecule has 0 saturated heterocycles. The highest BCUT2D eigenvalue weighted by Crippen LogP contribution is 2.34. The maximum Gasteiger partial charge on any atom is 0.261 e. The first-order valence-electron chi connectivity index (χ1n) is 7.91. The van der Waals surface area contributed by atoms with Gasteiger partial charge in [0.05, 0.1) is 5.92 Å². The van der Waals surface area contributed by atoms with E-state index in [4.69, 9.17) is 0 Å². The lowest BCUT2D eigenvalue weighted by Gasteiger charge is -2.08. The zero-order chi connectivity index (χ0) is 17.6. The number of hydrogen-bond acceptors (Lipinski definition) is 3. The maximum absolute atomic E-state index is 12.5. The summed E-state index contributed by atoms with van der Waals surface area (Å²) in [6.07, 6.45) is 1.42. The second-order valence-corrected chi connectivity index (χ2v) is 6.04. The summed E-state index contributed by atoms with van der Waals surface area (Å²) in [7, 11) is 0.